The first-order valence-corrected chi connectivity index (χ1v) is 10.1. The Kier molecular flexibility index (Phi) is 4.77. The third-order valence-electron chi connectivity index (χ3n) is 6.00. The zero-order valence-electron chi connectivity index (χ0n) is 17.4. The van der Waals surface area contributed by atoms with Crippen LogP contribution in [0, 0.1) is 0 Å². The fourth-order valence-corrected chi connectivity index (χ4v) is 4.00. The highest BCUT2D eigenvalue weighted by Crippen LogP contribution is 2.36. The molecule has 5 heteroatoms. The minimum atomic E-state index is -0.979. The molecule has 1 aromatic heterocycles. The lowest BCUT2D eigenvalue weighted by Crippen LogP contribution is -2.33. The van der Waals surface area contributed by atoms with E-state index in [-0.39, 0.29) is 0 Å². The number of hydrogen-bond acceptors (Lipinski definition) is 4. The second kappa shape index (κ2) is 7.14. The number of aryl methyl sites for hydroxylation is 1. The maximum Gasteiger partial charge on any atom is 0.313 e. The molecule has 1 atom stereocenters. The van der Waals surface area contributed by atoms with Crippen molar-refractivity contribution in [1.29, 1.82) is 0 Å². The number of aliphatic carboxylic acids is 1. The SMILES string of the molecule is CC1=CCC(C)N=C2CCc3cc(-c4cncc(C(C)(C)C(=O)O)c4)ccc3N12. The fourth-order valence-electron chi connectivity index (χ4n) is 4.00. The molecule has 0 bridgehead atoms. The summed E-state index contributed by atoms with van der Waals surface area (Å²) in [6.07, 6.45) is 8.56. The number of rotatable bonds is 3. The van der Waals surface area contributed by atoms with Gasteiger partial charge in [0.15, 0.2) is 0 Å². The van der Waals surface area contributed by atoms with Gasteiger partial charge >= 0.3 is 5.97 Å². The summed E-state index contributed by atoms with van der Waals surface area (Å²) in [7, 11) is 0. The zero-order chi connectivity index (χ0) is 20.8. The molecule has 0 fully saturated rings. The molecule has 1 aromatic carbocycles. The monoisotopic (exact) mass is 389 g/mol. The topological polar surface area (TPSA) is 65.8 Å². The summed E-state index contributed by atoms with van der Waals surface area (Å²) in [5.41, 5.74) is 5.43. The first kappa shape index (κ1) is 19.4. The quantitative estimate of drug-likeness (QED) is 0.806. The molecule has 5 nitrogen and oxygen atoms in total. The molecule has 3 heterocycles. The van der Waals surface area contributed by atoms with Gasteiger partial charge in [-0.1, -0.05) is 12.1 Å². The molecule has 0 aliphatic carbocycles. The van der Waals surface area contributed by atoms with Crippen LogP contribution in [-0.4, -0.2) is 27.9 Å². The molecule has 29 heavy (non-hydrogen) atoms. The molecule has 0 spiro atoms. The Morgan fingerprint density at radius 3 is 2.72 bits per heavy atom. The van der Waals surface area contributed by atoms with E-state index in [1.54, 1.807) is 26.2 Å². The van der Waals surface area contributed by atoms with E-state index in [4.69, 9.17) is 4.99 Å². The van der Waals surface area contributed by atoms with Crippen molar-refractivity contribution in [2.45, 2.75) is 58.4 Å². The predicted octanol–water partition coefficient (Wildman–Crippen LogP) is 4.96. The van der Waals surface area contributed by atoms with Crippen molar-refractivity contribution in [3.05, 3.63) is 59.6 Å². The molecule has 0 saturated carbocycles. The zero-order valence-corrected chi connectivity index (χ0v) is 17.4. The normalized spacial score (nSPS) is 18.9. The van der Waals surface area contributed by atoms with Gasteiger partial charge < -0.3 is 10.0 Å². The van der Waals surface area contributed by atoms with Gasteiger partial charge in [-0.2, -0.15) is 0 Å². The van der Waals surface area contributed by atoms with E-state index >= 15 is 0 Å². The van der Waals surface area contributed by atoms with Crippen LogP contribution in [-0.2, 0) is 16.6 Å². The number of amidine groups is 1. The Morgan fingerprint density at radius 2 is 1.97 bits per heavy atom. The molecule has 150 valence electrons. The summed E-state index contributed by atoms with van der Waals surface area (Å²) in [6, 6.07) is 8.72. The van der Waals surface area contributed by atoms with E-state index in [0.29, 0.717) is 11.6 Å². The lowest BCUT2D eigenvalue weighted by Gasteiger charge is -2.33. The van der Waals surface area contributed by atoms with Crippen molar-refractivity contribution in [1.82, 2.24) is 4.98 Å². The van der Waals surface area contributed by atoms with Crippen LogP contribution in [0.1, 0.15) is 51.7 Å². The van der Waals surface area contributed by atoms with Crippen LogP contribution in [0.4, 0.5) is 5.69 Å². The maximum absolute atomic E-state index is 11.6. The average molecular weight is 389 g/mol. The maximum atomic E-state index is 11.6. The van der Waals surface area contributed by atoms with Gasteiger partial charge in [-0.25, -0.2) is 0 Å². The van der Waals surface area contributed by atoms with E-state index in [1.165, 1.54) is 16.9 Å². The fraction of sp³-hybridized carbons (Fsp3) is 0.375. The number of pyridine rings is 1. The van der Waals surface area contributed by atoms with E-state index in [0.717, 1.165) is 36.2 Å². The number of nitrogens with zero attached hydrogens (tertiary/aromatic N) is 3. The number of fused-ring (bicyclic) bond motifs is 3. The van der Waals surface area contributed by atoms with Crippen molar-refractivity contribution in [3.63, 3.8) is 0 Å². The minimum Gasteiger partial charge on any atom is -0.481 e. The van der Waals surface area contributed by atoms with Gasteiger partial charge in [-0.3, -0.25) is 14.8 Å². The van der Waals surface area contributed by atoms with Gasteiger partial charge in [0.2, 0.25) is 0 Å². The Bertz CT molecular complexity index is 1040. The van der Waals surface area contributed by atoms with Crippen molar-refractivity contribution in [2.75, 3.05) is 4.90 Å². The van der Waals surface area contributed by atoms with Gasteiger partial charge in [0.05, 0.1) is 17.1 Å². The van der Waals surface area contributed by atoms with E-state index in [2.05, 4.69) is 48.0 Å². The van der Waals surface area contributed by atoms with Crippen LogP contribution >= 0.6 is 0 Å². The standard InChI is InChI=1S/C24H27N3O2/c1-15-5-6-16(2)27-21-9-7-17(11-18(21)8-10-22(27)26-15)19-12-20(14-25-13-19)24(3,4)23(28)29/h6-7,9,11-15H,5,8,10H2,1-4H3,(H,28,29). The van der Waals surface area contributed by atoms with Gasteiger partial charge in [0.25, 0.3) is 0 Å². The van der Waals surface area contributed by atoms with Crippen LogP contribution < -0.4 is 4.90 Å². The highest BCUT2D eigenvalue weighted by molar-refractivity contribution is 6.03. The molecule has 4 rings (SSSR count). The molecule has 0 amide bonds. The molecule has 1 unspecified atom stereocenters. The van der Waals surface area contributed by atoms with Crippen LogP contribution in [0.15, 0.2) is 53.4 Å². The second-order valence-electron chi connectivity index (χ2n) is 8.55. The van der Waals surface area contributed by atoms with Crippen molar-refractivity contribution < 1.29 is 9.90 Å². The summed E-state index contributed by atoms with van der Waals surface area (Å²) >= 11 is 0. The van der Waals surface area contributed by atoms with E-state index in [1.807, 2.05) is 6.07 Å². The van der Waals surface area contributed by atoms with Gasteiger partial charge in [0, 0.05) is 30.1 Å². The molecule has 2 aliphatic rings. The number of anilines is 1. The Balaban J connectivity index is 1.74. The predicted molar refractivity (Wildman–Crippen MR) is 116 cm³/mol. The lowest BCUT2D eigenvalue weighted by molar-refractivity contribution is -0.142. The molecule has 1 N–H and O–H groups in total. The number of carbonyl (C=O) groups is 1. The summed E-state index contributed by atoms with van der Waals surface area (Å²) in [5.74, 6) is 0.294. The van der Waals surface area contributed by atoms with Gasteiger partial charge in [-0.05, 0) is 75.4 Å². The highest BCUT2D eigenvalue weighted by Gasteiger charge is 2.30. The number of benzene rings is 1. The number of allylic oxidation sites excluding steroid dienone is 1. The van der Waals surface area contributed by atoms with Crippen LogP contribution in [0.3, 0.4) is 0 Å². The van der Waals surface area contributed by atoms with Crippen LogP contribution in [0.2, 0.25) is 0 Å². The Morgan fingerprint density at radius 1 is 1.17 bits per heavy atom. The summed E-state index contributed by atoms with van der Waals surface area (Å²) in [6.45, 7) is 7.73. The lowest BCUT2D eigenvalue weighted by atomic mass is 9.84. The van der Waals surface area contributed by atoms with Crippen molar-refractivity contribution in [3.8, 4) is 11.1 Å². The van der Waals surface area contributed by atoms with Crippen molar-refractivity contribution >= 4 is 17.5 Å². The summed E-state index contributed by atoms with van der Waals surface area (Å²) in [4.78, 5) is 23.1. The third-order valence-corrected chi connectivity index (χ3v) is 6.00. The van der Waals surface area contributed by atoms with E-state index < -0.39 is 11.4 Å². The first-order chi connectivity index (χ1) is 13.8. The highest BCUT2D eigenvalue weighted by atomic mass is 16.4. The second-order valence-corrected chi connectivity index (χ2v) is 8.55. The molecule has 0 saturated heterocycles. The molecular weight excluding hydrogens is 362 g/mol. The van der Waals surface area contributed by atoms with E-state index in [9.17, 15) is 9.90 Å². The smallest absolute Gasteiger partial charge is 0.313 e. The van der Waals surface area contributed by atoms with Crippen LogP contribution in [0.5, 0.6) is 0 Å². The Labute approximate surface area is 171 Å². The summed E-state index contributed by atoms with van der Waals surface area (Å²) in [5, 5.41) is 9.54. The number of carboxylic acid groups (broad SMARTS) is 1. The average Bonchev–Trinajstić information content (AvgIpc) is 2.85. The number of hydrogen-bond donors (Lipinski definition) is 1. The minimum absolute atomic E-state index is 0.317. The largest absolute Gasteiger partial charge is 0.481 e. The third kappa shape index (κ3) is 3.46. The number of aromatic nitrogens is 1. The van der Waals surface area contributed by atoms with Gasteiger partial charge in [-0.15, -0.1) is 0 Å². The summed E-state index contributed by atoms with van der Waals surface area (Å²) < 4.78 is 0. The Hall–Kier alpha value is -2.95. The number of carboxylic acids is 1. The molecular formula is C24H27N3O2. The molecule has 2 aromatic rings. The molecule has 0 radical (unpaired) electrons. The van der Waals surface area contributed by atoms with Crippen molar-refractivity contribution in [2.24, 2.45) is 4.99 Å². The number of aliphatic imine (C=N–C) groups is 1. The van der Waals surface area contributed by atoms with Gasteiger partial charge in [0.1, 0.15) is 5.84 Å². The molecule has 2 aliphatic heterocycles. The van der Waals surface area contributed by atoms with Crippen LogP contribution in [0.25, 0.3) is 11.1 Å². The first-order valence-electron chi connectivity index (χ1n) is 10.1.